The minimum atomic E-state index is -0.459. The van der Waals surface area contributed by atoms with Crippen LogP contribution in [0, 0.1) is 11.8 Å². The Morgan fingerprint density at radius 1 is 0.611 bits per heavy atom. The van der Waals surface area contributed by atoms with E-state index in [1.807, 2.05) is 6.92 Å². The smallest absolute Gasteiger partial charge is 0.338 e. The van der Waals surface area contributed by atoms with Gasteiger partial charge in [-0.1, -0.05) is 6.92 Å². The van der Waals surface area contributed by atoms with Crippen molar-refractivity contribution in [2.24, 2.45) is 11.8 Å². The molecular weight excluding hydrogens is 464 g/mol. The topological polar surface area (TPSA) is 105 Å². The summed E-state index contributed by atoms with van der Waals surface area (Å²) in [5.74, 6) is -1.19. The summed E-state index contributed by atoms with van der Waals surface area (Å²) in [4.78, 5) is 48.0. The van der Waals surface area contributed by atoms with Gasteiger partial charge in [0.15, 0.2) is 0 Å². The Morgan fingerprint density at radius 2 is 0.944 bits per heavy atom. The van der Waals surface area contributed by atoms with Crippen molar-refractivity contribution in [1.29, 1.82) is 0 Å². The SMILES string of the molecule is CCCOC(=O)c1ccc(C(=O)OCC2CCC(COC(=O)c3ccc(C(=O)OC)cc3)CC2)cc1. The van der Waals surface area contributed by atoms with Crippen molar-refractivity contribution in [2.75, 3.05) is 26.9 Å². The Labute approximate surface area is 210 Å². The molecule has 2 aromatic rings. The highest BCUT2D eigenvalue weighted by atomic mass is 16.5. The fourth-order valence-corrected chi connectivity index (χ4v) is 4.00. The number of carbonyl (C=O) groups excluding carboxylic acids is 4. The maximum Gasteiger partial charge on any atom is 0.338 e. The minimum Gasteiger partial charge on any atom is -0.465 e. The maximum atomic E-state index is 12.4. The second-order valence-electron chi connectivity index (χ2n) is 8.87. The average Bonchev–Trinajstić information content (AvgIpc) is 2.93. The fraction of sp³-hybridized carbons (Fsp3) is 0.429. The number of rotatable bonds is 10. The predicted octanol–water partition coefficient (Wildman–Crippen LogP) is 4.86. The first-order chi connectivity index (χ1) is 17.4. The van der Waals surface area contributed by atoms with Crippen molar-refractivity contribution in [1.82, 2.24) is 0 Å². The van der Waals surface area contributed by atoms with Crippen LogP contribution in [0.15, 0.2) is 48.5 Å². The molecule has 36 heavy (non-hydrogen) atoms. The lowest BCUT2D eigenvalue weighted by Crippen LogP contribution is -2.24. The molecule has 1 fully saturated rings. The molecule has 1 saturated carbocycles. The van der Waals surface area contributed by atoms with E-state index in [-0.39, 0.29) is 11.8 Å². The molecule has 0 saturated heterocycles. The summed E-state index contributed by atoms with van der Waals surface area (Å²) >= 11 is 0. The molecule has 1 aliphatic rings. The van der Waals surface area contributed by atoms with Crippen LogP contribution >= 0.6 is 0 Å². The van der Waals surface area contributed by atoms with Gasteiger partial charge in [0.05, 0.1) is 49.2 Å². The quantitative estimate of drug-likeness (QED) is 0.339. The van der Waals surface area contributed by atoms with E-state index in [2.05, 4.69) is 4.74 Å². The second kappa shape index (κ2) is 13.4. The van der Waals surface area contributed by atoms with E-state index in [4.69, 9.17) is 14.2 Å². The lowest BCUT2D eigenvalue weighted by Gasteiger charge is -2.27. The van der Waals surface area contributed by atoms with Crippen LogP contribution in [0.5, 0.6) is 0 Å². The number of hydrogen-bond donors (Lipinski definition) is 0. The first-order valence-electron chi connectivity index (χ1n) is 12.2. The highest BCUT2D eigenvalue weighted by molar-refractivity contribution is 5.94. The van der Waals surface area contributed by atoms with Crippen LogP contribution in [-0.2, 0) is 18.9 Å². The normalized spacial score (nSPS) is 17.1. The van der Waals surface area contributed by atoms with Crippen LogP contribution in [0.4, 0.5) is 0 Å². The van der Waals surface area contributed by atoms with Gasteiger partial charge in [0.25, 0.3) is 0 Å². The van der Waals surface area contributed by atoms with Gasteiger partial charge in [0.1, 0.15) is 0 Å². The molecule has 8 nitrogen and oxygen atoms in total. The molecule has 1 aliphatic carbocycles. The van der Waals surface area contributed by atoms with E-state index in [0.29, 0.717) is 42.1 Å². The molecule has 0 aromatic heterocycles. The Morgan fingerprint density at radius 3 is 1.28 bits per heavy atom. The van der Waals surface area contributed by atoms with Crippen molar-refractivity contribution in [2.45, 2.75) is 39.0 Å². The Kier molecular flexibility index (Phi) is 10.0. The minimum absolute atomic E-state index is 0.259. The summed E-state index contributed by atoms with van der Waals surface area (Å²) in [7, 11) is 1.30. The standard InChI is InChI=1S/C28H32O8/c1-3-16-34-26(30)22-12-14-24(15-13-22)28(32)36-18-20-6-4-19(5-7-20)17-35-27(31)23-10-8-21(9-11-23)25(29)33-2/h8-15,19-20H,3-7,16-18H2,1-2H3. The van der Waals surface area contributed by atoms with Crippen LogP contribution in [0.3, 0.4) is 0 Å². The Hall–Kier alpha value is -3.68. The number of carbonyl (C=O) groups is 4. The van der Waals surface area contributed by atoms with Gasteiger partial charge in [-0.25, -0.2) is 19.2 Å². The number of ether oxygens (including phenoxy) is 4. The molecule has 8 heteroatoms. The Bertz CT molecular complexity index is 1030. The molecule has 0 aliphatic heterocycles. The summed E-state index contributed by atoms with van der Waals surface area (Å²) in [5.41, 5.74) is 1.55. The Balaban J connectivity index is 1.36. The van der Waals surface area contributed by atoms with E-state index in [1.54, 1.807) is 36.4 Å². The second-order valence-corrected chi connectivity index (χ2v) is 8.87. The van der Waals surface area contributed by atoms with E-state index in [1.165, 1.54) is 19.2 Å². The van der Waals surface area contributed by atoms with Crippen molar-refractivity contribution in [3.63, 3.8) is 0 Å². The lowest BCUT2D eigenvalue weighted by molar-refractivity contribution is 0.0297. The molecule has 0 N–H and O–H groups in total. The fourth-order valence-electron chi connectivity index (χ4n) is 4.00. The maximum absolute atomic E-state index is 12.4. The lowest BCUT2D eigenvalue weighted by atomic mass is 9.83. The van der Waals surface area contributed by atoms with E-state index in [0.717, 1.165) is 32.1 Å². The third kappa shape index (κ3) is 7.66. The monoisotopic (exact) mass is 496 g/mol. The van der Waals surface area contributed by atoms with Gasteiger partial charge in [-0.3, -0.25) is 0 Å². The highest BCUT2D eigenvalue weighted by Gasteiger charge is 2.24. The van der Waals surface area contributed by atoms with Gasteiger partial charge in [0, 0.05) is 0 Å². The number of esters is 4. The molecule has 0 spiro atoms. The van der Waals surface area contributed by atoms with Gasteiger partial charge in [-0.15, -0.1) is 0 Å². The van der Waals surface area contributed by atoms with Crippen LogP contribution in [0.2, 0.25) is 0 Å². The molecule has 3 rings (SSSR count). The highest BCUT2D eigenvalue weighted by Crippen LogP contribution is 2.29. The first-order valence-corrected chi connectivity index (χ1v) is 12.2. The van der Waals surface area contributed by atoms with Gasteiger partial charge in [0.2, 0.25) is 0 Å². The van der Waals surface area contributed by atoms with Gasteiger partial charge in [-0.05, 0) is 92.5 Å². The van der Waals surface area contributed by atoms with Crippen LogP contribution in [-0.4, -0.2) is 50.8 Å². The summed E-state index contributed by atoms with van der Waals surface area (Å²) in [6.07, 6.45) is 4.27. The number of methoxy groups -OCH3 is 1. The zero-order valence-corrected chi connectivity index (χ0v) is 20.7. The largest absolute Gasteiger partial charge is 0.465 e. The van der Waals surface area contributed by atoms with Crippen LogP contribution in [0.1, 0.15) is 80.5 Å². The molecule has 0 amide bonds. The molecule has 0 unspecified atom stereocenters. The molecular formula is C28H32O8. The van der Waals surface area contributed by atoms with Crippen molar-refractivity contribution < 1.29 is 38.1 Å². The van der Waals surface area contributed by atoms with Gasteiger partial charge >= 0.3 is 23.9 Å². The molecule has 2 aromatic carbocycles. The molecule has 0 atom stereocenters. The van der Waals surface area contributed by atoms with Crippen molar-refractivity contribution in [3.8, 4) is 0 Å². The third-order valence-electron chi connectivity index (χ3n) is 6.20. The average molecular weight is 497 g/mol. The summed E-state index contributed by atoms with van der Waals surface area (Å²) in [6.45, 7) is 2.94. The summed E-state index contributed by atoms with van der Waals surface area (Å²) in [5, 5.41) is 0. The number of benzene rings is 2. The third-order valence-corrected chi connectivity index (χ3v) is 6.20. The van der Waals surface area contributed by atoms with Crippen molar-refractivity contribution >= 4 is 23.9 Å². The van der Waals surface area contributed by atoms with Gasteiger partial charge < -0.3 is 18.9 Å². The zero-order chi connectivity index (χ0) is 25.9. The van der Waals surface area contributed by atoms with Crippen molar-refractivity contribution in [3.05, 3.63) is 70.8 Å². The van der Waals surface area contributed by atoms with Gasteiger partial charge in [-0.2, -0.15) is 0 Å². The molecule has 192 valence electrons. The number of hydrogen-bond acceptors (Lipinski definition) is 8. The first kappa shape index (κ1) is 26.9. The molecule has 0 radical (unpaired) electrons. The van der Waals surface area contributed by atoms with Crippen LogP contribution in [0.25, 0.3) is 0 Å². The summed E-state index contributed by atoms with van der Waals surface area (Å²) in [6, 6.07) is 12.4. The molecule has 0 heterocycles. The summed E-state index contributed by atoms with van der Waals surface area (Å²) < 4.78 is 20.7. The zero-order valence-electron chi connectivity index (χ0n) is 20.7. The van der Waals surface area contributed by atoms with Crippen LogP contribution < -0.4 is 0 Å². The molecule has 0 bridgehead atoms. The van der Waals surface area contributed by atoms with E-state index >= 15 is 0 Å². The van der Waals surface area contributed by atoms with E-state index < -0.39 is 23.9 Å². The van der Waals surface area contributed by atoms with E-state index in [9.17, 15) is 19.2 Å². The predicted molar refractivity (Wildman–Crippen MR) is 131 cm³/mol.